The molecule has 0 saturated heterocycles. The molecule has 0 aliphatic carbocycles. The molecule has 108 valence electrons. The fourth-order valence-electron chi connectivity index (χ4n) is 2.19. The van der Waals surface area contributed by atoms with Crippen LogP contribution in [0.5, 0.6) is 0 Å². The van der Waals surface area contributed by atoms with Gasteiger partial charge >= 0.3 is 6.18 Å². The van der Waals surface area contributed by atoms with Crippen LogP contribution in [0.2, 0.25) is 0 Å². The van der Waals surface area contributed by atoms with Crippen molar-refractivity contribution in [3.05, 3.63) is 46.7 Å². The molecular weight excluding hydrogens is 289 g/mol. The number of thioether (sulfide) groups is 1. The van der Waals surface area contributed by atoms with Gasteiger partial charge in [0.1, 0.15) is 5.76 Å². The van der Waals surface area contributed by atoms with Crippen molar-refractivity contribution in [3.63, 3.8) is 0 Å². The summed E-state index contributed by atoms with van der Waals surface area (Å²) in [4.78, 5) is 11.6. The lowest BCUT2D eigenvalue weighted by atomic mass is 9.95. The first-order valence-corrected chi connectivity index (χ1v) is 6.75. The normalized spacial score (nSPS) is 23.6. The van der Waals surface area contributed by atoms with E-state index < -0.39 is 16.5 Å². The van der Waals surface area contributed by atoms with E-state index in [9.17, 15) is 23.1 Å². The maximum Gasteiger partial charge on any atom is 0.416 e. The van der Waals surface area contributed by atoms with Crippen molar-refractivity contribution in [1.29, 1.82) is 0 Å². The minimum atomic E-state index is -4.40. The highest BCUT2D eigenvalue weighted by Gasteiger charge is 2.42. The minimum Gasteiger partial charge on any atom is -0.510 e. The smallest absolute Gasteiger partial charge is 0.416 e. The number of hydrogen-bond acceptors (Lipinski definition) is 3. The van der Waals surface area contributed by atoms with Gasteiger partial charge in [-0.3, -0.25) is 4.79 Å². The van der Waals surface area contributed by atoms with Crippen LogP contribution in [0.1, 0.15) is 25.0 Å². The molecule has 1 aromatic rings. The molecule has 1 heterocycles. The summed E-state index contributed by atoms with van der Waals surface area (Å²) < 4.78 is 37.1. The van der Waals surface area contributed by atoms with E-state index in [1.165, 1.54) is 13.0 Å². The van der Waals surface area contributed by atoms with Gasteiger partial charge in [-0.05, 0) is 31.9 Å². The van der Waals surface area contributed by atoms with Crippen LogP contribution in [-0.4, -0.2) is 15.0 Å². The highest BCUT2D eigenvalue weighted by Crippen LogP contribution is 2.44. The summed E-state index contributed by atoms with van der Waals surface area (Å²) in [5.74, 6) is -0.0510. The van der Waals surface area contributed by atoms with Crippen molar-refractivity contribution in [2.45, 2.75) is 31.2 Å². The van der Waals surface area contributed by atoms with Gasteiger partial charge in [0.05, 0.1) is 10.3 Å². The zero-order valence-electron chi connectivity index (χ0n) is 10.9. The molecule has 0 aromatic heterocycles. The second kappa shape index (κ2) is 4.84. The second-order valence-electron chi connectivity index (χ2n) is 4.97. The van der Waals surface area contributed by atoms with Crippen LogP contribution in [0.4, 0.5) is 13.2 Å². The van der Waals surface area contributed by atoms with E-state index in [0.29, 0.717) is 5.56 Å². The lowest BCUT2D eigenvalue weighted by molar-refractivity contribution is -0.137. The molecule has 2 nitrogen and oxygen atoms in total. The summed E-state index contributed by atoms with van der Waals surface area (Å²) in [6, 6.07) is 4.94. The van der Waals surface area contributed by atoms with Gasteiger partial charge in [0, 0.05) is 5.57 Å². The average molecular weight is 302 g/mol. The average Bonchev–Trinajstić information content (AvgIpc) is 2.53. The predicted octanol–water partition coefficient (Wildman–Crippen LogP) is 4.11. The topological polar surface area (TPSA) is 37.3 Å². The molecule has 0 bridgehead atoms. The Bertz CT molecular complexity index is 592. The number of halogens is 3. The Hall–Kier alpha value is -1.43. The number of carbonyl (C=O) groups is 1. The van der Waals surface area contributed by atoms with Crippen molar-refractivity contribution >= 4 is 16.9 Å². The molecule has 0 fully saturated rings. The molecule has 1 aliphatic rings. The van der Waals surface area contributed by atoms with Gasteiger partial charge in [-0.25, -0.2) is 0 Å². The maximum atomic E-state index is 12.7. The lowest BCUT2D eigenvalue weighted by Crippen LogP contribution is -2.24. The summed E-state index contributed by atoms with van der Waals surface area (Å²) in [7, 11) is 0. The fraction of sp³-hybridized carbons (Fsp3) is 0.357. The van der Waals surface area contributed by atoms with Crippen LogP contribution in [0.3, 0.4) is 0 Å². The number of rotatable bonds is 2. The van der Waals surface area contributed by atoms with Gasteiger partial charge in [0.2, 0.25) is 5.12 Å². The fourth-order valence-corrected chi connectivity index (χ4v) is 3.34. The Morgan fingerprint density at radius 2 is 2.00 bits per heavy atom. The minimum absolute atomic E-state index is 0.0510. The molecule has 0 saturated carbocycles. The standard InChI is InChI=1S/C14H13F3O2S/c1-8-11(18)13(2,20-12(8)19)7-9-4-3-5-10(6-9)14(15,16)17/h3-6,18H,7H2,1-2H3. The van der Waals surface area contributed by atoms with Crippen molar-refractivity contribution in [1.82, 2.24) is 0 Å². The van der Waals surface area contributed by atoms with Crippen LogP contribution in [0.15, 0.2) is 35.6 Å². The lowest BCUT2D eigenvalue weighted by Gasteiger charge is -2.23. The van der Waals surface area contributed by atoms with Crippen molar-refractivity contribution in [2.75, 3.05) is 0 Å². The quantitative estimate of drug-likeness (QED) is 0.893. The first kappa shape index (κ1) is 15.0. The number of hydrogen-bond donors (Lipinski definition) is 1. The number of carbonyl (C=O) groups excluding carboxylic acids is 1. The largest absolute Gasteiger partial charge is 0.510 e. The van der Waals surface area contributed by atoms with Crippen LogP contribution in [-0.2, 0) is 17.4 Å². The van der Waals surface area contributed by atoms with Gasteiger partial charge in [-0.15, -0.1) is 0 Å². The van der Waals surface area contributed by atoms with E-state index in [1.54, 1.807) is 13.0 Å². The summed E-state index contributed by atoms with van der Waals surface area (Å²) in [6.07, 6.45) is -4.24. The van der Waals surface area contributed by atoms with Crippen molar-refractivity contribution in [2.24, 2.45) is 0 Å². The Kier molecular flexibility index (Phi) is 3.62. The molecule has 1 N–H and O–H groups in total. The number of aliphatic hydroxyl groups is 1. The van der Waals surface area contributed by atoms with E-state index in [4.69, 9.17) is 0 Å². The van der Waals surface area contributed by atoms with Crippen LogP contribution < -0.4 is 0 Å². The monoisotopic (exact) mass is 302 g/mol. The maximum absolute atomic E-state index is 12.7. The summed E-state index contributed by atoms with van der Waals surface area (Å²) in [5.41, 5.74) is -0.0264. The molecule has 1 atom stereocenters. The highest BCUT2D eigenvalue weighted by atomic mass is 32.2. The van der Waals surface area contributed by atoms with Gasteiger partial charge < -0.3 is 5.11 Å². The van der Waals surface area contributed by atoms with Gasteiger partial charge in [0.25, 0.3) is 0 Å². The van der Waals surface area contributed by atoms with Gasteiger partial charge in [-0.2, -0.15) is 13.2 Å². The molecule has 6 heteroatoms. The van der Waals surface area contributed by atoms with Crippen LogP contribution >= 0.6 is 11.8 Å². The number of benzene rings is 1. The predicted molar refractivity (Wildman–Crippen MR) is 71.5 cm³/mol. The first-order valence-electron chi connectivity index (χ1n) is 5.93. The third-order valence-electron chi connectivity index (χ3n) is 3.28. The van der Waals surface area contributed by atoms with Crippen LogP contribution in [0, 0.1) is 0 Å². The molecule has 0 amide bonds. The van der Waals surface area contributed by atoms with Crippen LogP contribution in [0.25, 0.3) is 0 Å². The SMILES string of the molecule is CC1=C(O)C(C)(Cc2cccc(C(F)(F)F)c2)SC1=O. The third kappa shape index (κ3) is 2.70. The molecule has 2 rings (SSSR count). The molecule has 20 heavy (non-hydrogen) atoms. The zero-order valence-corrected chi connectivity index (χ0v) is 11.7. The second-order valence-corrected chi connectivity index (χ2v) is 6.44. The summed E-state index contributed by atoms with van der Waals surface area (Å²) in [5, 5.41) is 9.75. The summed E-state index contributed by atoms with van der Waals surface area (Å²) >= 11 is 0.948. The van der Waals surface area contributed by atoms with Gasteiger partial charge in [0.15, 0.2) is 0 Å². The number of alkyl halides is 3. The molecule has 1 aliphatic heterocycles. The van der Waals surface area contributed by atoms with E-state index in [0.717, 1.165) is 23.9 Å². The molecular formula is C14H13F3O2S. The van der Waals surface area contributed by atoms with E-state index in [2.05, 4.69) is 0 Å². The third-order valence-corrected chi connectivity index (χ3v) is 4.56. The molecule has 1 unspecified atom stereocenters. The molecule has 0 radical (unpaired) electrons. The highest BCUT2D eigenvalue weighted by molar-refractivity contribution is 8.15. The Morgan fingerprint density at radius 1 is 1.35 bits per heavy atom. The number of aliphatic hydroxyl groups excluding tert-OH is 1. The van der Waals surface area contributed by atoms with E-state index in [1.807, 2.05) is 0 Å². The first-order chi connectivity index (χ1) is 9.13. The van der Waals surface area contributed by atoms with Crippen molar-refractivity contribution < 1.29 is 23.1 Å². The van der Waals surface area contributed by atoms with Gasteiger partial charge in [-0.1, -0.05) is 30.0 Å². The van der Waals surface area contributed by atoms with E-state index >= 15 is 0 Å². The Balaban J connectivity index is 2.30. The Morgan fingerprint density at radius 3 is 2.50 bits per heavy atom. The Labute approximate surface area is 118 Å². The molecule has 1 aromatic carbocycles. The summed E-state index contributed by atoms with van der Waals surface area (Å²) in [6.45, 7) is 3.17. The van der Waals surface area contributed by atoms with Crippen molar-refractivity contribution in [3.8, 4) is 0 Å². The molecule has 0 spiro atoms. The van der Waals surface area contributed by atoms with E-state index in [-0.39, 0.29) is 22.9 Å². The zero-order chi connectivity index (χ0) is 15.1.